The quantitative estimate of drug-likeness (QED) is 0.318. The summed E-state index contributed by atoms with van der Waals surface area (Å²) in [5.74, 6) is 5.93. The highest BCUT2D eigenvalue weighted by molar-refractivity contribution is 6.04. The summed E-state index contributed by atoms with van der Waals surface area (Å²) in [5.41, 5.74) is 13.1. The highest BCUT2D eigenvalue weighted by Gasteiger charge is 2.24. The number of carbonyl (C=O) groups excluding carboxylic acids is 1. The van der Waals surface area contributed by atoms with E-state index < -0.39 is 17.5 Å². The Labute approximate surface area is 218 Å². The molecule has 5 aromatic rings. The van der Waals surface area contributed by atoms with E-state index in [2.05, 4.69) is 27.2 Å². The molecule has 0 aliphatic heterocycles. The van der Waals surface area contributed by atoms with Crippen LogP contribution in [0.3, 0.4) is 0 Å². The number of hydrogen-bond donors (Lipinski definition) is 3. The zero-order valence-electron chi connectivity index (χ0n) is 21.1. The van der Waals surface area contributed by atoms with Gasteiger partial charge in [0.2, 0.25) is 0 Å². The first kappa shape index (κ1) is 24.7. The van der Waals surface area contributed by atoms with Gasteiger partial charge in [0, 0.05) is 18.0 Å². The number of nitrogens with two attached hydrogens (primary N) is 2. The van der Waals surface area contributed by atoms with E-state index in [4.69, 9.17) is 16.5 Å². The summed E-state index contributed by atoms with van der Waals surface area (Å²) in [7, 11) is 0. The number of rotatable bonds is 4. The number of carbonyl (C=O) groups is 1. The fraction of sp³-hybridized carbons (Fsp3) is 0.179. The van der Waals surface area contributed by atoms with Crippen LogP contribution in [-0.4, -0.2) is 35.6 Å². The van der Waals surface area contributed by atoms with E-state index in [9.17, 15) is 9.59 Å². The minimum absolute atomic E-state index is 0.0476. The van der Waals surface area contributed by atoms with Crippen LogP contribution in [0.2, 0.25) is 0 Å². The Bertz CT molecular complexity index is 1800. The molecule has 10 nitrogen and oxygen atoms in total. The number of anilines is 1. The van der Waals surface area contributed by atoms with Crippen molar-refractivity contribution in [2.45, 2.75) is 32.4 Å². The first-order chi connectivity index (χ1) is 18.1. The highest BCUT2D eigenvalue weighted by atomic mass is 16.2. The molecule has 0 aliphatic rings. The average Bonchev–Trinajstić information content (AvgIpc) is 3.23. The Morgan fingerprint density at radius 2 is 1.87 bits per heavy atom. The molecule has 0 aliphatic carbocycles. The van der Waals surface area contributed by atoms with Gasteiger partial charge in [-0.3, -0.25) is 14.2 Å². The Hall–Kier alpha value is -5.01. The van der Waals surface area contributed by atoms with Crippen molar-refractivity contribution >= 4 is 28.3 Å². The van der Waals surface area contributed by atoms with E-state index in [0.29, 0.717) is 33.6 Å². The first-order valence-corrected chi connectivity index (χ1v) is 12.0. The van der Waals surface area contributed by atoms with Gasteiger partial charge in [-0.25, -0.2) is 14.5 Å². The summed E-state index contributed by atoms with van der Waals surface area (Å²) in [4.78, 5) is 36.4. The highest BCUT2D eigenvalue weighted by Crippen LogP contribution is 2.22. The molecule has 5 N–H and O–H groups in total. The molecule has 0 saturated heterocycles. The number of nitrogens with one attached hydrogen (secondary N) is 1. The molecule has 5 rings (SSSR count). The fourth-order valence-corrected chi connectivity index (χ4v) is 4.15. The molecule has 1 amide bonds. The van der Waals surface area contributed by atoms with Crippen molar-refractivity contribution in [1.82, 2.24) is 29.5 Å². The van der Waals surface area contributed by atoms with Crippen LogP contribution in [0.4, 0.5) is 5.82 Å². The van der Waals surface area contributed by atoms with Crippen LogP contribution in [0.1, 0.15) is 48.6 Å². The van der Waals surface area contributed by atoms with Crippen LogP contribution >= 0.6 is 0 Å². The van der Waals surface area contributed by atoms with Crippen molar-refractivity contribution in [3.63, 3.8) is 0 Å². The molecule has 1 unspecified atom stereocenters. The normalized spacial score (nSPS) is 12.2. The number of benzene rings is 2. The smallest absolute Gasteiger partial charge is 0.267 e. The predicted molar refractivity (Wildman–Crippen MR) is 146 cm³/mol. The molecule has 0 radical (unpaired) electrons. The largest absolute Gasteiger partial charge is 0.381 e. The van der Waals surface area contributed by atoms with E-state index >= 15 is 0 Å². The van der Waals surface area contributed by atoms with Crippen molar-refractivity contribution in [1.29, 1.82) is 0 Å². The van der Waals surface area contributed by atoms with Gasteiger partial charge in [0.15, 0.2) is 11.5 Å². The molecule has 1 atom stereocenters. The van der Waals surface area contributed by atoms with Crippen LogP contribution in [0, 0.1) is 11.8 Å². The molecule has 10 heteroatoms. The van der Waals surface area contributed by atoms with Gasteiger partial charge in [-0.1, -0.05) is 36.1 Å². The molecule has 0 spiro atoms. The number of para-hydroxylation sites is 1. The van der Waals surface area contributed by atoms with Gasteiger partial charge in [0.1, 0.15) is 11.4 Å². The third-order valence-electron chi connectivity index (χ3n) is 5.84. The van der Waals surface area contributed by atoms with Crippen molar-refractivity contribution in [2.24, 2.45) is 5.73 Å². The lowest BCUT2D eigenvalue weighted by molar-refractivity contribution is 0.0940. The van der Waals surface area contributed by atoms with E-state index in [1.165, 1.54) is 9.08 Å². The van der Waals surface area contributed by atoms with E-state index in [1.54, 1.807) is 69.6 Å². The Morgan fingerprint density at radius 3 is 2.61 bits per heavy atom. The minimum atomic E-state index is -0.735. The summed E-state index contributed by atoms with van der Waals surface area (Å²) < 4.78 is 2.93. The lowest BCUT2D eigenvalue weighted by Gasteiger charge is -2.20. The monoisotopic (exact) mass is 506 g/mol. The topological polar surface area (TPSA) is 146 Å². The Morgan fingerprint density at radius 1 is 1.11 bits per heavy atom. The zero-order valence-corrected chi connectivity index (χ0v) is 21.1. The Kier molecular flexibility index (Phi) is 6.14. The van der Waals surface area contributed by atoms with Gasteiger partial charge >= 0.3 is 0 Å². The van der Waals surface area contributed by atoms with Crippen LogP contribution in [0.5, 0.6) is 0 Å². The average molecular weight is 507 g/mol. The van der Waals surface area contributed by atoms with Gasteiger partial charge in [-0.05, 0) is 51.1 Å². The predicted octanol–water partition coefficient (Wildman–Crippen LogP) is 2.59. The number of aromatic nitrogens is 5. The number of nitrogen functional groups attached to an aromatic ring is 1. The van der Waals surface area contributed by atoms with Gasteiger partial charge in [-0.2, -0.15) is 0 Å². The van der Waals surface area contributed by atoms with Crippen LogP contribution < -0.4 is 22.3 Å². The van der Waals surface area contributed by atoms with E-state index in [1.807, 2.05) is 18.2 Å². The molecule has 2 aromatic carbocycles. The van der Waals surface area contributed by atoms with Gasteiger partial charge < -0.3 is 16.8 Å². The number of hydrogen-bond acceptors (Lipinski definition) is 7. The molecular weight excluding hydrogens is 480 g/mol. The van der Waals surface area contributed by atoms with Crippen LogP contribution in [0.15, 0.2) is 71.8 Å². The third-order valence-corrected chi connectivity index (χ3v) is 5.84. The number of amides is 1. The van der Waals surface area contributed by atoms with Crippen LogP contribution in [-0.2, 0) is 0 Å². The molecule has 3 heterocycles. The first-order valence-electron chi connectivity index (χ1n) is 12.0. The van der Waals surface area contributed by atoms with Crippen molar-refractivity contribution < 1.29 is 4.79 Å². The van der Waals surface area contributed by atoms with Crippen molar-refractivity contribution in [3.05, 3.63) is 94.3 Å². The molecule has 0 bridgehead atoms. The summed E-state index contributed by atoms with van der Waals surface area (Å²) in [6.07, 6.45) is 3.21. The SMILES string of the molecule is CC(NC(=O)c1c(N)nn2cccnc12)c1nc2cccc(C#CC(C)(C)N)c2c(=O)n1-c1ccccc1. The number of nitrogens with zero attached hydrogens (tertiary/aromatic N) is 5. The van der Waals surface area contributed by atoms with Crippen molar-refractivity contribution in [2.75, 3.05) is 5.73 Å². The van der Waals surface area contributed by atoms with Gasteiger partial charge in [0.05, 0.1) is 28.2 Å². The second-order valence-corrected chi connectivity index (χ2v) is 9.46. The van der Waals surface area contributed by atoms with Gasteiger partial charge in [-0.15, -0.1) is 5.10 Å². The van der Waals surface area contributed by atoms with Crippen LogP contribution in [0.25, 0.3) is 22.2 Å². The Balaban J connectivity index is 1.66. The second kappa shape index (κ2) is 9.46. The minimum Gasteiger partial charge on any atom is -0.381 e. The standard InChI is InChI=1S/C28H26N8O2/c1-17(32-26(37)22-23(29)34-35-16-8-15-31-25(22)35)24-33-20-12-7-9-18(13-14-28(2,3)30)21(20)27(38)36(24)19-10-5-4-6-11-19/h4-12,15-17H,30H2,1-3H3,(H2,29,34)(H,32,37). The summed E-state index contributed by atoms with van der Waals surface area (Å²) in [5, 5.41) is 7.44. The second-order valence-electron chi connectivity index (χ2n) is 9.46. The summed E-state index contributed by atoms with van der Waals surface area (Å²) in [6, 6.07) is 15.4. The van der Waals surface area contributed by atoms with E-state index in [-0.39, 0.29) is 16.9 Å². The third kappa shape index (κ3) is 4.58. The summed E-state index contributed by atoms with van der Waals surface area (Å²) in [6.45, 7) is 5.33. The molecule has 0 fully saturated rings. The lowest BCUT2D eigenvalue weighted by atomic mass is 10.1. The maximum Gasteiger partial charge on any atom is 0.267 e. The molecular formula is C28H26N8O2. The van der Waals surface area contributed by atoms with E-state index in [0.717, 1.165) is 0 Å². The zero-order chi connectivity index (χ0) is 27.0. The fourth-order valence-electron chi connectivity index (χ4n) is 4.15. The van der Waals surface area contributed by atoms with Gasteiger partial charge in [0.25, 0.3) is 11.5 Å². The summed E-state index contributed by atoms with van der Waals surface area (Å²) >= 11 is 0. The lowest BCUT2D eigenvalue weighted by Crippen LogP contribution is -2.33. The molecule has 0 saturated carbocycles. The number of fused-ring (bicyclic) bond motifs is 2. The maximum atomic E-state index is 14.0. The maximum absolute atomic E-state index is 14.0. The van der Waals surface area contributed by atoms with Crippen molar-refractivity contribution in [3.8, 4) is 17.5 Å². The molecule has 38 heavy (non-hydrogen) atoms. The molecule has 190 valence electrons. The molecule has 3 aromatic heterocycles.